The third-order valence-electron chi connectivity index (χ3n) is 2.60. The number of methoxy groups -OCH3 is 1. The van der Waals surface area contributed by atoms with E-state index in [1.807, 2.05) is 0 Å². The van der Waals surface area contributed by atoms with Crippen LogP contribution in [0.15, 0.2) is 18.2 Å². The first-order valence-corrected chi connectivity index (χ1v) is 5.56. The normalized spacial score (nSPS) is 14.6. The smallest absolute Gasteiger partial charge is 0.137 e. The standard InChI is InChI=1S/C12H17ClO3/c1-12(15,6-3-7-14)9-4-5-11(16-2)10(13)8-9/h4-5,8,14-15H,3,6-7H2,1-2H3. The van der Waals surface area contributed by atoms with Crippen molar-refractivity contribution >= 4 is 11.6 Å². The van der Waals surface area contributed by atoms with E-state index in [-0.39, 0.29) is 6.61 Å². The molecule has 0 fully saturated rings. The average molecular weight is 245 g/mol. The van der Waals surface area contributed by atoms with Gasteiger partial charge < -0.3 is 14.9 Å². The van der Waals surface area contributed by atoms with Crippen LogP contribution in [0.3, 0.4) is 0 Å². The summed E-state index contributed by atoms with van der Waals surface area (Å²) in [4.78, 5) is 0. The van der Waals surface area contributed by atoms with Gasteiger partial charge in [-0.05, 0) is 37.5 Å². The van der Waals surface area contributed by atoms with Crippen LogP contribution in [-0.2, 0) is 5.60 Å². The van der Waals surface area contributed by atoms with Gasteiger partial charge in [-0.2, -0.15) is 0 Å². The molecule has 0 bridgehead atoms. The molecule has 16 heavy (non-hydrogen) atoms. The van der Waals surface area contributed by atoms with Gasteiger partial charge >= 0.3 is 0 Å². The van der Waals surface area contributed by atoms with Crippen molar-refractivity contribution in [2.24, 2.45) is 0 Å². The van der Waals surface area contributed by atoms with Crippen molar-refractivity contribution in [2.45, 2.75) is 25.4 Å². The molecule has 1 rings (SSSR count). The predicted octanol–water partition coefficient (Wildman–Crippen LogP) is 2.33. The van der Waals surface area contributed by atoms with Crippen LogP contribution in [0.25, 0.3) is 0 Å². The van der Waals surface area contributed by atoms with Crippen LogP contribution < -0.4 is 4.74 Å². The molecule has 0 aliphatic carbocycles. The molecule has 0 saturated carbocycles. The predicted molar refractivity (Wildman–Crippen MR) is 63.9 cm³/mol. The Kier molecular flexibility index (Phi) is 4.59. The number of ether oxygens (including phenoxy) is 1. The van der Waals surface area contributed by atoms with Crippen LogP contribution in [0, 0.1) is 0 Å². The Morgan fingerprint density at radius 3 is 2.62 bits per heavy atom. The highest BCUT2D eigenvalue weighted by Gasteiger charge is 2.23. The fourth-order valence-corrected chi connectivity index (χ4v) is 1.83. The largest absolute Gasteiger partial charge is 0.495 e. The van der Waals surface area contributed by atoms with Crippen molar-refractivity contribution < 1.29 is 14.9 Å². The minimum absolute atomic E-state index is 0.0695. The van der Waals surface area contributed by atoms with Gasteiger partial charge in [0.2, 0.25) is 0 Å². The van der Waals surface area contributed by atoms with Crippen LogP contribution in [0.1, 0.15) is 25.3 Å². The fraction of sp³-hybridized carbons (Fsp3) is 0.500. The maximum Gasteiger partial charge on any atom is 0.137 e. The Hall–Kier alpha value is -0.770. The highest BCUT2D eigenvalue weighted by molar-refractivity contribution is 6.32. The molecule has 0 heterocycles. The molecule has 0 aromatic heterocycles. The third kappa shape index (κ3) is 3.11. The number of halogens is 1. The molecule has 90 valence electrons. The first-order chi connectivity index (χ1) is 7.51. The van der Waals surface area contributed by atoms with Gasteiger partial charge in [-0.15, -0.1) is 0 Å². The Labute approximate surface area is 101 Å². The second kappa shape index (κ2) is 5.53. The molecule has 2 N–H and O–H groups in total. The van der Waals surface area contributed by atoms with E-state index in [2.05, 4.69) is 0 Å². The summed E-state index contributed by atoms with van der Waals surface area (Å²) < 4.78 is 5.04. The molecule has 0 spiro atoms. The van der Waals surface area contributed by atoms with E-state index >= 15 is 0 Å². The van der Waals surface area contributed by atoms with Crippen molar-refractivity contribution in [3.8, 4) is 5.75 Å². The highest BCUT2D eigenvalue weighted by Crippen LogP contribution is 2.32. The van der Waals surface area contributed by atoms with Crippen molar-refractivity contribution in [1.82, 2.24) is 0 Å². The second-order valence-electron chi connectivity index (χ2n) is 3.95. The van der Waals surface area contributed by atoms with Crippen molar-refractivity contribution in [1.29, 1.82) is 0 Å². The van der Waals surface area contributed by atoms with Gasteiger partial charge in [0.1, 0.15) is 5.75 Å². The fourth-order valence-electron chi connectivity index (χ4n) is 1.57. The van der Waals surface area contributed by atoms with E-state index in [4.69, 9.17) is 21.4 Å². The van der Waals surface area contributed by atoms with E-state index in [9.17, 15) is 5.11 Å². The summed E-state index contributed by atoms with van der Waals surface area (Å²) in [5.41, 5.74) is -0.245. The molecular formula is C12H17ClO3. The summed E-state index contributed by atoms with van der Waals surface area (Å²) in [5, 5.41) is 19.4. The number of hydrogen-bond donors (Lipinski definition) is 2. The zero-order chi connectivity index (χ0) is 12.2. The number of aliphatic hydroxyl groups is 2. The van der Waals surface area contributed by atoms with E-state index in [1.165, 1.54) is 0 Å². The lowest BCUT2D eigenvalue weighted by molar-refractivity contribution is 0.0403. The monoisotopic (exact) mass is 244 g/mol. The molecule has 3 nitrogen and oxygen atoms in total. The molecule has 4 heteroatoms. The molecule has 1 atom stereocenters. The van der Waals surface area contributed by atoms with Crippen LogP contribution in [-0.4, -0.2) is 23.9 Å². The lowest BCUT2D eigenvalue weighted by Crippen LogP contribution is -2.21. The molecule has 0 amide bonds. The van der Waals surface area contributed by atoms with Crippen LogP contribution >= 0.6 is 11.6 Å². The Morgan fingerprint density at radius 1 is 1.44 bits per heavy atom. The maximum absolute atomic E-state index is 10.2. The molecule has 0 radical (unpaired) electrons. The van der Waals surface area contributed by atoms with Gasteiger partial charge in [0, 0.05) is 6.61 Å². The molecule has 1 aromatic rings. The maximum atomic E-state index is 10.2. The second-order valence-corrected chi connectivity index (χ2v) is 4.36. The Morgan fingerprint density at radius 2 is 2.12 bits per heavy atom. The van der Waals surface area contributed by atoms with Gasteiger partial charge in [-0.3, -0.25) is 0 Å². The average Bonchev–Trinajstić information content (AvgIpc) is 2.26. The van der Waals surface area contributed by atoms with Gasteiger partial charge in [-0.25, -0.2) is 0 Å². The van der Waals surface area contributed by atoms with Crippen molar-refractivity contribution in [3.63, 3.8) is 0 Å². The van der Waals surface area contributed by atoms with Gasteiger partial charge in [0.15, 0.2) is 0 Å². The number of benzene rings is 1. The number of rotatable bonds is 5. The summed E-state index contributed by atoms with van der Waals surface area (Å²) in [7, 11) is 1.55. The molecule has 0 aliphatic rings. The highest BCUT2D eigenvalue weighted by atomic mass is 35.5. The number of hydrogen-bond acceptors (Lipinski definition) is 3. The minimum atomic E-state index is -0.974. The molecule has 0 saturated heterocycles. The summed E-state index contributed by atoms with van der Waals surface area (Å²) in [6, 6.07) is 5.20. The SMILES string of the molecule is COc1ccc(C(C)(O)CCCO)cc1Cl. The summed E-state index contributed by atoms with van der Waals surface area (Å²) >= 11 is 5.98. The van der Waals surface area contributed by atoms with Gasteiger partial charge in [0.05, 0.1) is 17.7 Å². The first-order valence-electron chi connectivity index (χ1n) is 5.18. The van der Waals surface area contributed by atoms with Crippen molar-refractivity contribution in [3.05, 3.63) is 28.8 Å². The van der Waals surface area contributed by atoms with Crippen molar-refractivity contribution in [2.75, 3.05) is 13.7 Å². The lowest BCUT2D eigenvalue weighted by atomic mass is 9.91. The topological polar surface area (TPSA) is 49.7 Å². The quantitative estimate of drug-likeness (QED) is 0.836. The van der Waals surface area contributed by atoms with E-state index in [1.54, 1.807) is 32.2 Å². The van der Waals surface area contributed by atoms with E-state index in [0.29, 0.717) is 23.6 Å². The minimum Gasteiger partial charge on any atom is -0.495 e. The summed E-state index contributed by atoms with van der Waals surface area (Å²) in [6.07, 6.45) is 1.04. The summed E-state index contributed by atoms with van der Waals surface area (Å²) in [5.74, 6) is 0.586. The van der Waals surface area contributed by atoms with Crippen LogP contribution in [0.2, 0.25) is 5.02 Å². The van der Waals surface area contributed by atoms with Crippen LogP contribution in [0.5, 0.6) is 5.75 Å². The summed E-state index contributed by atoms with van der Waals surface area (Å²) in [6.45, 7) is 1.78. The van der Waals surface area contributed by atoms with Gasteiger partial charge in [-0.1, -0.05) is 17.7 Å². The first kappa shape index (κ1) is 13.3. The molecule has 0 aliphatic heterocycles. The lowest BCUT2D eigenvalue weighted by Gasteiger charge is -2.24. The molecule has 1 unspecified atom stereocenters. The third-order valence-corrected chi connectivity index (χ3v) is 2.89. The van der Waals surface area contributed by atoms with Gasteiger partial charge in [0.25, 0.3) is 0 Å². The zero-order valence-corrected chi connectivity index (χ0v) is 10.3. The molecular weight excluding hydrogens is 228 g/mol. The zero-order valence-electron chi connectivity index (χ0n) is 9.53. The molecule has 1 aromatic carbocycles. The van der Waals surface area contributed by atoms with E-state index in [0.717, 1.165) is 5.56 Å². The Bertz CT molecular complexity index is 350. The van der Waals surface area contributed by atoms with Crippen LogP contribution in [0.4, 0.5) is 0 Å². The van der Waals surface area contributed by atoms with E-state index < -0.39 is 5.60 Å². The number of aliphatic hydroxyl groups excluding tert-OH is 1. The Balaban J connectivity index is 2.91.